The zero-order valence-corrected chi connectivity index (χ0v) is 15.0. The number of benzene rings is 1. The summed E-state index contributed by atoms with van der Waals surface area (Å²) < 4.78 is 10.8. The third kappa shape index (κ3) is 3.36. The second-order valence-corrected chi connectivity index (χ2v) is 6.17. The monoisotopic (exact) mass is 354 g/mol. The van der Waals surface area contributed by atoms with Crippen molar-refractivity contribution in [2.24, 2.45) is 0 Å². The van der Waals surface area contributed by atoms with Gasteiger partial charge in [0.1, 0.15) is 17.3 Å². The molecule has 2 heterocycles. The number of para-hydroxylation sites is 1. The summed E-state index contributed by atoms with van der Waals surface area (Å²) in [7, 11) is 3.07. The molecule has 1 aliphatic heterocycles. The number of nitrogens with one attached hydrogen (secondary N) is 1. The fourth-order valence-electron chi connectivity index (χ4n) is 3.27. The van der Waals surface area contributed by atoms with Gasteiger partial charge in [-0.2, -0.15) is 5.26 Å². The van der Waals surface area contributed by atoms with Gasteiger partial charge < -0.3 is 14.4 Å². The van der Waals surface area contributed by atoms with Gasteiger partial charge in [-0.05, 0) is 25.0 Å². The molecule has 0 radical (unpaired) electrons. The molecule has 7 nitrogen and oxygen atoms in total. The zero-order valence-electron chi connectivity index (χ0n) is 15.0. The summed E-state index contributed by atoms with van der Waals surface area (Å²) >= 11 is 0. The maximum absolute atomic E-state index is 12.5. The van der Waals surface area contributed by atoms with Crippen molar-refractivity contribution in [3.05, 3.63) is 34.1 Å². The summed E-state index contributed by atoms with van der Waals surface area (Å²) in [6.07, 6.45) is 4.46. The molecule has 2 aromatic rings. The van der Waals surface area contributed by atoms with E-state index in [0.717, 1.165) is 25.9 Å². The third-order valence-electron chi connectivity index (χ3n) is 4.58. The van der Waals surface area contributed by atoms with Crippen molar-refractivity contribution >= 4 is 5.95 Å². The maximum atomic E-state index is 12.5. The van der Waals surface area contributed by atoms with E-state index >= 15 is 0 Å². The van der Waals surface area contributed by atoms with Crippen LogP contribution in [0.25, 0.3) is 11.3 Å². The molecule has 1 aromatic carbocycles. The molecule has 0 unspecified atom stereocenters. The van der Waals surface area contributed by atoms with Crippen molar-refractivity contribution < 1.29 is 9.47 Å². The summed E-state index contributed by atoms with van der Waals surface area (Å²) in [6.45, 7) is 1.67. The normalized spacial score (nSPS) is 14.4. The molecule has 1 N–H and O–H groups in total. The molecule has 1 saturated heterocycles. The molecular weight excluding hydrogens is 332 g/mol. The number of aromatic amines is 1. The highest BCUT2D eigenvalue weighted by Crippen LogP contribution is 2.38. The number of rotatable bonds is 4. The SMILES string of the molecule is COc1cccc(-c2nc(N3CCCCCC3)[nH]c(=O)c2C#N)c1OC. The van der Waals surface area contributed by atoms with Gasteiger partial charge in [0.2, 0.25) is 5.95 Å². The lowest BCUT2D eigenvalue weighted by Crippen LogP contribution is -2.29. The first-order valence-electron chi connectivity index (χ1n) is 8.70. The number of nitrogens with zero attached hydrogens (tertiary/aromatic N) is 3. The molecule has 0 saturated carbocycles. The Kier molecular flexibility index (Phi) is 5.42. The van der Waals surface area contributed by atoms with Crippen molar-refractivity contribution in [1.29, 1.82) is 5.26 Å². The number of hydrogen-bond acceptors (Lipinski definition) is 6. The van der Waals surface area contributed by atoms with E-state index in [1.807, 2.05) is 6.07 Å². The molecule has 136 valence electrons. The molecule has 3 rings (SSSR count). The molecule has 0 spiro atoms. The van der Waals surface area contributed by atoms with E-state index < -0.39 is 5.56 Å². The molecule has 0 bridgehead atoms. The van der Waals surface area contributed by atoms with Crippen LogP contribution >= 0.6 is 0 Å². The largest absolute Gasteiger partial charge is 0.493 e. The first-order chi connectivity index (χ1) is 12.7. The summed E-state index contributed by atoms with van der Waals surface area (Å²) in [6, 6.07) is 7.29. The third-order valence-corrected chi connectivity index (χ3v) is 4.58. The molecule has 1 aromatic heterocycles. The fraction of sp³-hybridized carbons (Fsp3) is 0.421. The van der Waals surface area contributed by atoms with E-state index in [9.17, 15) is 10.1 Å². The first kappa shape index (κ1) is 17.8. The molecule has 26 heavy (non-hydrogen) atoms. The lowest BCUT2D eigenvalue weighted by atomic mass is 10.1. The van der Waals surface area contributed by atoms with Crippen LogP contribution < -0.4 is 19.9 Å². The van der Waals surface area contributed by atoms with E-state index in [-0.39, 0.29) is 5.56 Å². The number of methoxy groups -OCH3 is 2. The van der Waals surface area contributed by atoms with Crippen LogP contribution in [0.15, 0.2) is 23.0 Å². The second-order valence-electron chi connectivity index (χ2n) is 6.17. The van der Waals surface area contributed by atoms with Gasteiger partial charge in [-0.25, -0.2) is 4.98 Å². The van der Waals surface area contributed by atoms with Gasteiger partial charge in [-0.1, -0.05) is 18.9 Å². The zero-order chi connectivity index (χ0) is 18.5. The molecule has 0 atom stereocenters. The highest BCUT2D eigenvalue weighted by Gasteiger charge is 2.21. The van der Waals surface area contributed by atoms with Gasteiger partial charge in [0.25, 0.3) is 5.56 Å². The predicted octanol–water partition coefficient (Wildman–Crippen LogP) is 2.71. The number of H-pyrrole nitrogens is 1. The van der Waals surface area contributed by atoms with Crippen molar-refractivity contribution in [3.63, 3.8) is 0 Å². The Bertz CT molecular complexity index is 877. The lowest BCUT2D eigenvalue weighted by molar-refractivity contribution is 0.356. The molecule has 7 heteroatoms. The Morgan fingerprint density at radius 2 is 1.88 bits per heavy atom. The minimum absolute atomic E-state index is 0.0323. The lowest BCUT2D eigenvalue weighted by Gasteiger charge is -2.22. The number of nitriles is 1. The highest BCUT2D eigenvalue weighted by atomic mass is 16.5. The predicted molar refractivity (Wildman–Crippen MR) is 98.8 cm³/mol. The van der Waals surface area contributed by atoms with Crippen LogP contribution in [0.5, 0.6) is 11.5 Å². The minimum Gasteiger partial charge on any atom is -0.493 e. The summed E-state index contributed by atoms with van der Waals surface area (Å²) in [5.74, 6) is 1.47. The first-order valence-corrected chi connectivity index (χ1v) is 8.70. The van der Waals surface area contributed by atoms with Crippen LogP contribution in [0.1, 0.15) is 31.2 Å². The minimum atomic E-state index is -0.443. The quantitative estimate of drug-likeness (QED) is 0.908. The molecule has 1 aliphatic rings. The summed E-state index contributed by atoms with van der Waals surface area (Å²) in [4.78, 5) is 22.0. The number of aromatic nitrogens is 2. The molecular formula is C19H22N4O3. The Balaban J connectivity index is 2.18. The molecule has 0 amide bonds. The van der Waals surface area contributed by atoms with Crippen molar-refractivity contribution in [2.75, 3.05) is 32.2 Å². The topological polar surface area (TPSA) is 91.2 Å². The highest BCUT2D eigenvalue weighted by molar-refractivity contribution is 5.75. The van der Waals surface area contributed by atoms with E-state index in [1.165, 1.54) is 20.0 Å². The summed E-state index contributed by atoms with van der Waals surface area (Å²) in [5.41, 5.74) is 0.397. The fourth-order valence-corrected chi connectivity index (χ4v) is 3.27. The van der Waals surface area contributed by atoms with Crippen LogP contribution in [0, 0.1) is 11.3 Å². The average molecular weight is 354 g/mol. The van der Waals surface area contributed by atoms with Gasteiger partial charge in [0, 0.05) is 18.7 Å². The van der Waals surface area contributed by atoms with E-state index in [4.69, 9.17) is 9.47 Å². The van der Waals surface area contributed by atoms with Crippen molar-refractivity contribution in [2.45, 2.75) is 25.7 Å². The Morgan fingerprint density at radius 3 is 2.50 bits per heavy atom. The van der Waals surface area contributed by atoms with Crippen LogP contribution in [0.3, 0.4) is 0 Å². The Labute approximate surface area is 152 Å². The maximum Gasteiger partial charge on any atom is 0.270 e. The average Bonchev–Trinajstić information content (AvgIpc) is 2.96. The van der Waals surface area contributed by atoms with Gasteiger partial charge in [-0.15, -0.1) is 0 Å². The second kappa shape index (κ2) is 7.91. The summed E-state index contributed by atoms with van der Waals surface area (Å²) in [5, 5.41) is 9.50. The van der Waals surface area contributed by atoms with E-state index in [2.05, 4.69) is 14.9 Å². The molecule has 1 fully saturated rings. The van der Waals surface area contributed by atoms with Crippen LogP contribution in [0.2, 0.25) is 0 Å². The van der Waals surface area contributed by atoms with Crippen molar-refractivity contribution in [1.82, 2.24) is 9.97 Å². The van der Waals surface area contributed by atoms with E-state index in [0.29, 0.717) is 28.7 Å². The van der Waals surface area contributed by atoms with Gasteiger partial charge >= 0.3 is 0 Å². The standard InChI is InChI=1S/C19H22N4O3/c1-25-15-9-7-8-13(17(15)26-2)16-14(12-20)18(24)22-19(21-16)23-10-5-3-4-6-11-23/h7-9H,3-6,10-11H2,1-2H3,(H,21,22,24). The molecule has 0 aliphatic carbocycles. The number of ether oxygens (including phenoxy) is 2. The van der Waals surface area contributed by atoms with Gasteiger partial charge in [-0.3, -0.25) is 9.78 Å². The van der Waals surface area contributed by atoms with Crippen LogP contribution in [-0.4, -0.2) is 37.3 Å². The van der Waals surface area contributed by atoms with Crippen molar-refractivity contribution in [3.8, 4) is 28.8 Å². The Hall–Kier alpha value is -3.01. The van der Waals surface area contributed by atoms with Crippen LogP contribution in [0.4, 0.5) is 5.95 Å². The number of anilines is 1. The Morgan fingerprint density at radius 1 is 1.15 bits per heavy atom. The smallest absolute Gasteiger partial charge is 0.270 e. The van der Waals surface area contributed by atoms with Crippen LogP contribution in [-0.2, 0) is 0 Å². The number of hydrogen-bond donors (Lipinski definition) is 1. The van der Waals surface area contributed by atoms with E-state index in [1.54, 1.807) is 25.3 Å². The van der Waals surface area contributed by atoms with Gasteiger partial charge in [0.15, 0.2) is 11.5 Å². The van der Waals surface area contributed by atoms with Gasteiger partial charge in [0.05, 0.1) is 14.2 Å².